The topological polar surface area (TPSA) is 16.1 Å². The van der Waals surface area contributed by atoms with Gasteiger partial charge in [-0.15, -0.1) is 0 Å². The minimum absolute atomic E-state index is 0.0895. The molecule has 0 unspecified atom stereocenters. The summed E-state index contributed by atoms with van der Waals surface area (Å²) in [5, 5.41) is 0. The van der Waals surface area contributed by atoms with Crippen LogP contribution in [0.5, 0.6) is 0 Å². The van der Waals surface area contributed by atoms with Gasteiger partial charge in [0.05, 0.1) is 0 Å². The first-order chi connectivity index (χ1) is 7.61. The molecule has 1 fully saturated rings. The van der Waals surface area contributed by atoms with Gasteiger partial charge < -0.3 is 4.90 Å². The van der Waals surface area contributed by atoms with Crippen LogP contribution in [0.2, 0.25) is 0 Å². The maximum absolute atomic E-state index is 13.4. The molecule has 5 heteroatoms. The Kier molecular flexibility index (Phi) is 3.03. The molecular formula is C11H13F3N2. The molecule has 2 rings (SSSR count). The van der Waals surface area contributed by atoms with Gasteiger partial charge in [0.15, 0.2) is 17.5 Å². The van der Waals surface area contributed by atoms with Gasteiger partial charge in [-0.1, -0.05) is 0 Å². The maximum atomic E-state index is 13.4. The molecule has 1 aromatic heterocycles. The Morgan fingerprint density at radius 1 is 1.31 bits per heavy atom. The van der Waals surface area contributed by atoms with Crippen LogP contribution in [0.15, 0.2) is 6.07 Å². The molecule has 0 spiro atoms. The number of aromatic nitrogens is 1. The van der Waals surface area contributed by atoms with Crippen LogP contribution in [-0.4, -0.2) is 18.1 Å². The molecule has 0 aliphatic heterocycles. The first kappa shape index (κ1) is 11.2. The second-order valence-corrected chi connectivity index (χ2v) is 4.05. The van der Waals surface area contributed by atoms with Gasteiger partial charge in [0.25, 0.3) is 5.95 Å². The zero-order chi connectivity index (χ0) is 11.7. The van der Waals surface area contributed by atoms with Crippen molar-refractivity contribution in [3.63, 3.8) is 0 Å². The second kappa shape index (κ2) is 4.31. The van der Waals surface area contributed by atoms with Gasteiger partial charge in [0.2, 0.25) is 0 Å². The van der Waals surface area contributed by atoms with Crippen LogP contribution in [-0.2, 0) is 0 Å². The fourth-order valence-electron chi connectivity index (χ4n) is 1.63. The molecule has 88 valence electrons. The fraction of sp³-hybridized carbons (Fsp3) is 0.545. The molecule has 1 saturated carbocycles. The van der Waals surface area contributed by atoms with Crippen molar-refractivity contribution in [1.29, 1.82) is 0 Å². The molecule has 0 atom stereocenters. The number of halogens is 3. The molecule has 1 heterocycles. The molecule has 0 saturated heterocycles. The quantitative estimate of drug-likeness (QED) is 0.739. The summed E-state index contributed by atoms with van der Waals surface area (Å²) in [6, 6.07) is 0.549. The Bertz CT molecular complexity index is 391. The lowest BCUT2D eigenvalue weighted by Crippen LogP contribution is -2.27. The predicted molar refractivity (Wildman–Crippen MR) is 54.7 cm³/mol. The molecule has 0 aromatic carbocycles. The largest absolute Gasteiger partial charge is 0.354 e. The maximum Gasteiger partial charge on any atom is 0.251 e. The lowest BCUT2D eigenvalue weighted by atomic mass is 10.3. The van der Waals surface area contributed by atoms with Crippen molar-refractivity contribution in [2.45, 2.75) is 19.8 Å². The molecular weight excluding hydrogens is 217 g/mol. The Hall–Kier alpha value is -1.26. The van der Waals surface area contributed by atoms with Crippen molar-refractivity contribution < 1.29 is 13.2 Å². The van der Waals surface area contributed by atoms with Crippen molar-refractivity contribution in [3.8, 4) is 0 Å². The van der Waals surface area contributed by atoms with Crippen molar-refractivity contribution >= 4 is 5.82 Å². The SMILES string of the molecule is CCN(CC1CC1)c1nc(F)c(F)cc1F. The molecule has 1 aliphatic rings. The number of hydrogen-bond donors (Lipinski definition) is 0. The van der Waals surface area contributed by atoms with E-state index in [-0.39, 0.29) is 5.82 Å². The number of nitrogens with zero attached hydrogens (tertiary/aromatic N) is 2. The molecule has 1 aromatic rings. The predicted octanol–water partition coefficient (Wildman–Crippen LogP) is 2.74. The number of hydrogen-bond acceptors (Lipinski definition) is 2. The summed E-state index contributed by atoms with van der Waals surface area (Å²) in [5.41, 5.74) is 0. The Balaban J connectivity index is 2.25. The lowest BCUT2D eigenvalue weighted by Gasteiger charge is -2.22. The summed E-state index contributed by atoms with van der Waals surface area (Å²) < 4.78 is 39.1. The minimum Gasteiger partial charge on any atom is -0.354 e. The van der Waals surface area contributed by atoms with Crippen molar-refractivity contribution in [1.82, 2.24) is 4.98 Å². The molecule has 0 bridgehead atoms. The Labute approximate surface area is 92.1 Å². The van der Waals surface area contributed by atoms with Gasteiger partial charge in [0.1, 0.15) is 0 Å². The van der Waals surface area contributed by atoms with Crippen LogP contribution >= 0.6 is 0 Å². The zero-order valence-electron chi connectivity index (χ0n) is 9.01. The molecule has 16 heavy (non-hydrogen) atoms. The standard InChI is InChI=1S/C11H13F3N2/c1-2-16(6-7-3-4-7)11-9(13)5-8(12)10(14)15-11/h5,7H,2-4,6H2,1H3. The van der Waals surface area contributed by atoms with E-state index in [9.17, 15) is 13.2 Å². The van der Waals surface area contributed by atoms with E-state index in [1.165, 1.54) is 0 Å². The second-order valence-electron chi connectivity index (χ2n) is 4.05. The van der Waals surface area contributed by atoms with Gasteiger partial charge in [-0.3, -0.25) is 0 Å². The Morgan fingerprint density at radius 2 is 2.00 bits per heavy atom. The molecule has 2 nitrogen and oxygen atoms in total. The van der Waals surface area contributed by atoms with Crippen LogP contribution in [0.1, 0.15) is 19.8 Å². The lowest BCUT2D eigenvalue weighted by molar-refractivity contribution is 0.462. The van der Waals surface area contributed by atoms with Gasteiger partial charge in [-0.25, -0.2) is 8.78 Å². The average Bonchev–Trinajstić information content (AvgIpc) is 3.04. The highest BCUT2D eigenvalue weighted by Gasteiger charge is 2.26. The summed E-state index contributed by atoms with van der Waals surface area (Å²) in [5.74, 6) is -2.85. The van der Waals surface area contributed by atoms with Crippen LogP contribution in [0.4, 0.5) is 19.0 Å². The third-order valence-electron chi connectivity index (χ3n) is 2.72. The van der Waals surface area contributed by atoms with E-state index < -0.39 is 17.6 Å². The van der Waals surface area contributed by atoms with Crippen LogP contribution < -0.4 is 4.90 Å². The normalized spacial score (nSPS) is 15.2. The third kappa shape index (κ3) is 2.28. The summed E-state index contributed by atoms with van der Waals surface area (Å²) in [6.45, 7) is 3.03. The highest BCUT2D eigenvalue weighted by atomic mass is 19.2. The Morgan fingerprint density at radius 3 is 2.56 bits per heavy atom. The van der Waals surface area contributed by atoms with Crippen molar-refractivity contribution in [3.05, 3.63) is 23.6 Å². The molecule has 1 aliphatic carbocycles. The monoisotopic (exact) mass is 230 g/mol. The molecule has 0 N–H and O–H groups in total. The van der Waals surface area contributed by atoms with Crippen molar-refractivity contribution in [2.24, 2.45) is 5.92 Å². The summed E-state index contributed by atoms with van der Waals surface area (Å²) in [6.07, 6.45) is 2.23. The smallest absolute Gasteiger partial charge is 0.251 e. The van der Waals surface area contributed by atoms with Crippen LogP contribution in [0.25, 0.3) is 0 Å². The van der Waals surface area contributed by atoms with Crippen molar-refractivity contribution in [2.75, 3.05) is 18.0 Å². The highest BCUT2D eigenvalue weighted by molar-refractivity contribution is 5.40. The number of anilines is 1. The van der Waals surface area contributed by atoms with Crippen LogP contribution in [0.3, 0.4) is 0 Å². The molecule has 0 radical (unpaired) electrons. The average molecular weight is 230 g/mol. The van der Waals surface area contributed by atoms with E-state index in [2.05, 4.69) is 4.98 Å². The summed E-state index contributed by atoms with van der Waals surface area (Å²) in [4.78, 5) is 4.98. The highest BCUT2D eigenvalue weighted by Crippen LogP contribution is 2.31. The first-order valence-corrected chi connectivity index (χ1v) is 5.38. The van der Waals surface area contributed by atoms with E-state index in [1.54, 1.807) is 4.90 Å². The summed E-state index contributed by atoms with van der Waals surface area (Å²) >= 11 is 0. The summed E-state index contributed by atoms with van der Waals surface area (Å²) in [7, 11) is 0. The third-order valence-corrected chi connectivity index (χ3v) is 2.72. The first-order valence-electron chi connectivity index (χ1n) is 5.38. The van der Waals surface area contributed by atoms with E-state index in [0.29, 0.717) is 25.1 Å². The van der Waals surface area contributed by atoms with E-state index in [1.807, 2.05) is 6.92 Å². The number of pyridine rings is 1. The van der Waals surface area contributed by atoms with Crippen LogP contribution in [0, 0.1) is 23.5 Å². The zero-order valence-corrected chi connectivity index (χ0v) is 9.01. The van der Waals surface area contributed by atoms with Gasteiger partial charge in [0, 0.05) is 19.2 Å². The molecule has 0 amide bonds. The van der Waals surface area contributed by atoms with Gasteiger partial charge >= 0.3 is 0 Å². The van der Waals surface area contributed by atoms with E-state index in [0.717, 1.165) is 12.8 Å². The fourth-order valence-corrected chi connectivity index (χ4v) is 1.63. The minimum atomic E-state index is -1.25. The van der Waals surface area contributed by atoms with E-state index >= 15 is 0 Å². The van der Waals surface area contributed by atoms with Gasteiger partial charge in [-0.05, 0) is 25.7 Å². The van der Waals surface area contributed by atoms with Gasteiger partial charge in [-0.2, -0.15) is 9.37 Å². The number of rotatable bonds is 4. The van der Waals surface area contributed by atoms with E-state index in [4.69, 9.17) is 0 Å².